The third-order valence-corrected chi connectivity index (χ3v) is 4.85. The van der Waals surface area contributed by atoms with Crippen LogP contribution in [0.15, 0.2) is 27.0 Å². The normalized spacial score (nSPS) is 14.8. The zero-order chi connectivity index (χ0) is 19.0. The van der Waals surface area contributed by atoms with Gasteiger partial charge >= 0.3 is 0 Å². The van der Waals surface area contributed by atoms with E-state index in [9.17, 15) is 0 Å². The topological polar surface area (TPSA) is 117 Å². The highest BCUT2D eigenvalue weighted by molar-refractivity contribution is 7.80. The molecule has 11 heteroatoms. The number of thiocarbonyl (C=S) groups is 1. The number of rotatable bonds is 10. The molecule has 2 heterocycles. The molecule has 10 nitrogen and oxygen atoms in total. The number of aromatic nitrogens is 4. The third kappa shape index (κ3) is 6.04. The van der Waals surface area contributed by atoms with Crippen LogP contribution in [0.5, 0.6) is 0 Å². The fraction of sp³-hybridized carbons (Fsp3) is 0.867. The second-order valence-electron chi connectivity index (χ2n) is 7.73. The van der Waals surface area contributed by atoms with Crippen LogP contribution in [0.2, 0.25) is 0 Å². The molecule has 0 aliphatic carbocycles. The molecule has 1 aromatic rings. The van der Waals surface area contributed by atoms with Crippen molar-refractivity contribution in [2.75, 3.05) is 13.1 Å². The van der Waals surface area contributed by atoms with Gasteiger partial charge in [0.15, 0.2) is 11.3 Å². The van der Waals surface area contributed by atoms with E-state index in [-0.39, 0.29) is 17.1 Å². The van der Waals surface area contributed by atoms with Crippen LogP contribution >= 0.6 is 12.2 Å². The van der Waals surface area contributed by atoms with E-state index in [0.29, 0.717) is 5.11 Å². The first kappa shape index (κ1) is 20.3. The molecule has 0 unspecified atom stereocenters. The molecular formula is C15H28N10S. The standard InChI is InChI=1S/C15H28N10S/c1-14(2,12-19-22-23-20-12)7-5-9-16-13(26)17-10-6-8-15(3,4)25-11-18-21-24-25/h11-12H,5-10H2,1-4H3,(H2,16,17,26). The van der Waals surface area contributed by atoms with Gasteiger partial charge < -0.3 is 10.6 Å². The highest BCUT2D eigenvalue weighted by atomic mass is 32.1. The van der Waals surface area contributed by atoms with Crippen molar-refractivity contribution in [3.05, 3.63) is 6.33 Å². The molecule has 0 aromatic carbocycles. The minimum atomic E-state index is -0.170. The summed E-state index contributed by atoms with van der Waals surface area (Å²) < 4.78 is 1.79. The van der Waals surface area contributed by atoms with Gasteiger partial charge in [-0.05, 0) is 72.6 Å². The molecule has 144 valence electrons. The Balaban J connectivity index is 1.55. The van der Waals surface area contributed by atoms with E-state index in [1.807, 2.05) is 0 Å². The van der Waals surface area contributed by atoms with Gasteiger partial charge in [-0.15, -0.1) is 15.3 Å². The lowest BCUT2D eigenvalue weighted by Gasteiger charge is -2.25. The molecule has 0 atom stereocenters. The second kappa shape index (κ2) is 9.06. The summed E-state index contributed by atoms with van der Waals surface area (Å²) in [5.41, 5.74) is -0.164. The van der Waals surface area contributed by atoms with Crippen molar-refractivity contribution in [1.82, 2.24) is 30.8 Å². The van der Waals surface area contributed by atoms with Gasteiger partial charge in [0.05, 0.1) is 5.54 Å². The first-order valence-electron chi connectivity index (χ1n) is 8.86. The highest BCUT2D eigenvalue weighted by Crippen LogP contribution is 2.32. The van der Waals surface area contributed by atoms with Crippen molar-refractivity contribution < 1.29 is 0 Å². The first-order valence-corrected chi connectivity index (χ1v) is 9.27. The summed E-state index contributed by atoms with van der Waals surface area (Å²) in [5.74, 6) is 0. The Morgan fingerprint density at radius 3 is 2.23 bits per heavy atom. The zero-order valence-corrected chi connectivity index (χ0v) is 16.7. The van der Waals surface area contributed by atoms with E-state index < -0.39 is 0 Å². The van der Waals surface area contributed by atoms with E-state index >= 15 is 0 Å². The minimum absolute atomic E-state index is 0.0535. The molecule has 0 fully saturated rings. The van der Waals surface area contributed by atoms with Crippen molar-refractivity contribution in [3.63, 3.8) is 0 Å². The molecule has 0 spiro atoms. The van der Waals surface area contributed by atoms with E-state index in [1.165, 1.54) is 0 Å². The van der Waals surface area contributed by atoms with Crippen LogP contribution in [-0.2, 0) is 5.54 Å². The molecule has 2 rings (SSSR count). The molecule has 26 heavy (non-hydrogen) atoms. The van der Waals surface area contributed by atoms with Crippen LogP contribution in [0, 0.1) is 5.41 Å². The van der Waals surface area contributed by atoms with Gasteiger partial charge in [0.25, 0.3) is 0 Å². The van der Waals surface area contributed by atoms with E-state index in [4.69, 9.17) is 12.2 Å². The summed E-state index contributed by atoms with van der Waals surface area (Å²) >= 11 is 5.33. The molecule has 1 aliphatic rings. The Morgan fingerprint density at radius 1 is 1.04 bits per heavy atom. The third-order valence-electron chi connectivity index (χ3n) is 4.56. The van der Waals surface area contributed by atoms with Crippen molar-refractivity contribution in [2.24, 2.45) is 26.1 Å². The van der Waals surface area contributed by atoms with Crippen molar-refractivity contribution in [3.8, 4) is 0 Å². The summed E-state index contributed by atoms with van der Waals surface area (Å²) in [6.07, 6.45) is 5.34. The number of nitrogens with one attached hydrogen (secondary N) is 2. The number of tetrazole rings is 1. The maximum absolute atomic E-state index is 5.33. The SMILES string of the molecule is CC(C)(CCCNC(=S)NCCCC(C)(C)n1cnnn1)C1N=NN=N1. The van der Waals surface area contributed by atoms with Gasteiger partial charge in [-0.2, -0.15) is 0 Å². The average molecular weight is 381 g/mol. The largest absolute Gasteiger partial charge is 0.363 e. The molecule has 0 saturated heterocycles. The maximum Gasteiger partial charge on any atom is 0.190 e. The summed E-state index contributed by atoms with van der Waals surface area (Å²) in [6.45, 7) is 10.1. The van der Waals surface area contributed by atoms with E-state index in [2.05, 4.69) is 74.5 Å². The van der Waals surface area contributed by atoms with Crippen LogP contribution in [0.4, 0.5) is 0 Å². The molecule has 2 N–H and O–H groups in total. The van der Waals surface area contributed by atoms with Crippen molar-refractivity contribution in [2.45, 2.75) is 65.1 Å². The summed E-state index contributed by atoms with van der Waals surface area (Å²) in [4.78, 5) is 0. The second-order valence-corrected chi connectivity index (χ2v) is 8.14. The van der Waals surface area contributed by atoms with Crippen LogP contribution in [0.25, 0.3) is 0 Å². The number of hydrogen-bond donors (Lipinski definition) is 2. The van der Waals surface area contributed by atoms with Crippen LogP contribution in [0.3, 0.4) is 0 Å². The Hall–Kier alpha value is -2.04. The predicted octanol–water partition coefficient (Wildman–Crippen LogP) is 2.62. The van der Waals surface area contributed by atoms with Crippen LogP contribution < -0.4 is 10.6 Å². The van der Waals surface area contributed by atoms with Gasteiger partial charge in [0.2, 0.25) is 0 Å². The number of hydrogen-bond acceptors (Lipinski definition) is 8. The smallest absolute Gasteiger partial charge is 0.190 e. The highest BCUT2D eigenvalue weighted by Gasteiger charge is 2.31. The zero-order valence-electron chi connectivity index (χ0n) is 15.9. The summed E-state index contributed by atoms with van der Waals surface area (Å²) in [7, 11) is 0. The lowest BCUT2D eigenvalue weighted by atomic mass is 9.85. The van der Waals surface area contributed by atoms with Crippen molar-refractivity contribution in [1.29, 1.82) is 0 Å². The Labute approximate surface area is 159 Å². The minimum Gasteiger partial charge on any atom is -0.363 e. The average Bonchev–Trinajstić information content (AvgIpc) is 3.29. The molecule has 1 aliphatic heterocycles. The van der Waals surface area contributed by atoms with Gasteiger partial charge in [-0.1, -0.05) is 13.8 Å². The molecule has 0 amide bonds. The van der Waals surface area contributed by atoms with Gasteiger partial charge in [0, 0.05) is 18.5 Å². The quantitative estimate of drug-likeness (QED) is 0.476. The van der Waals surface area contributed by atoms with Gasteiger partial charge in [0.1, 0.15) is 6.33 Å². The van der Waals surface area contributed by atoms with Gasteiger partial charge in [-0.3, -0.25) is 0 Å². The lowest BCUT2D eigenvalue weighted by molar-refractivity contribution is 0.262. The van der Waals surface area contributed by atoms with Crippen LogP contribution in [0.1, 0.15) is 53.4 Å². The number of nitrogens with zero attached hydrogens (tertiary/aromatic N) is 8. The lowest BCUT2D eigenvalue weighted by Crippen LogP contribution is -2.37. The van der Waals surface area contributed by atoms with Crippen LogP contribution in [-0.4, -0.2) is 44.6 Å². The van der Waals surface area contributed by atoms with E-state index in [0.717, 1.165) is 38.8 Å². The monoisotopic (exact) mass is 380 g/mol. The Bertz CT molecular complexity index is 610. The van der Waals surface area contributed by atoms with E-state index in [1.54, 1.807) is 11.0 Å². The first-order chi connectivity index (χ1) is 12.3. The Kier molecular flexibility index (Phi) is 7.06. The Morgan fingerprint density at radius 2 is 1.65 bits per heavy atom. The fourth-order valence-corrected chi connectivity index (χ4v) is 2.90. The maximum atomic E-state index is 5.33. The fourth-order valence-electron chi connectivity index (χ4n) is 2.69. The predicted molar refractivity (Wildman–Crippen MR) is 101 cm³/mol. The summed E-state index contributed by atoms with van der Waals surface area (Å²) in [6, 6.07) is 0. The van der Waals surface area contributed by atoms with Gasteiger partial charge in [-0.25, -0.2) is 4.68 Å². The molecule has 1 aromatic heterocycles. The molecule has 0 radical (unpaired) electrons. The molecule has 0 saturated carbocycles. The molecular weight excluding hydrogens is 352 g/mol. The summed E-state index contributed by atoms with van der Waals surface area (Å²) in [5, 5.41) is 33.8. The van der Waals surface area contributed by atoms with Crippen molar-refractivity contribution >= 4 is 17.3 Å². The molecule has 0 bridgehead atoms.